The summed E-state index contributed by atoms with van der Waals surface area (Å²) in [6.45, 7) is 2.07. The van der Waals surface area contributed by atoms with Crippen LogP contribution in [0.4, 0.5) is 16.3 Å². The van der Waals surface area contributed by atoms with Crippen LogP contribution < -0.4 is 10.2 Å². The lowest BCUT2D eigenvalue weighted by molar-refractivity contribution is 0.209. The largest absolute Gasteiger partial charge is 0.465 e. The normalized spacial score (nSPS) is 15.7. The number of piperidine rings is 1. The van der Waals surface area contributed by atoms with Crippen molar-refractivity contribution in [3.05, 3.63) is 15.8 Å². The van der Waals surface area contributed by atoms with Gasteiger partial charge in [0, 0.05) is 16.7 Å². The van der Waals surface area contributed by atoms with Gasteiger partial charge in [0.05, 0.1) is 11.9 Å². The zero-order valence-corrected chi connectivity index (χ0v) is 11.5. The number of halogens is 1. The minimum Gasteiger partial charge on any atom is -0.465 e. The number of pyridine rings is 1. The van der Waals surface area contributed by atoms with E-state index >= 15 is 0 Å². The predicted octanol–water partition coefficient (Wildman–Crippen LogP) is 2.77. The molecule has 0 bridgehead atoms. The molecule has 0 atom stereocenters. The van der Waals surface area contributed by atoms with Gasteiger partial charge in [-0.15, -0.1) is 0 Å². The number of nitrogens with zero attached hydrogens (tertiary/aromatic N) is 2. The van der Waals surface area contributed by atoms with Gasteiger partial charge in [-0.1, -0.05) is 0 Å². The molecule has 92 valence electrons. The molecule has 2 N–H and O–H groups in total. The average molecular weight is 347 g/mol. The number of aromatic nitrogens is 1. The number of carbonyl (C=O) groups is 1. The van der Waals surface area contributed by atoms with Crippen LogP contribution in [-0.4, -0.2) is 29.3 Å². The SMILES string of the molecule is O=C(O)Nc1cnc(N2CCCCC2)cc1I. The molecule has 0 radical (unpaired) electrons. The summed E-state index contributed by atoms with van der Waals surface area (Å²) in [6.07, 6.45) is 4.21. The summed E-state index contributed by atoms with van der Waals surface area (Å²) in [7, 11) is 0. The van der Waals surface area contributed by atoms with Crippen molar-refractivity contribution in [2.24, 2.45) is 0 Å². The van der Waals surface area contributed by atoms with Crippen LogP contribution in [0.25, 0.3) is 0 Å². The Labute approximate surface area is 113 Å². The molecular weight excluding hydrogens is 333 g/mol. The molecule has 2 rings (SSSR count). The Bertz CT molecular complexity index is 419. The highest BCUT2D eigenvalue weighted by molar-refractivity contribution is 14.1. The maximum absolute atomic E-state index is 10.6. The van der Waals surface area contributed by atoms with Gasteiger partial charge < -0.3 is 10.0 Å². The average Bonchev–Trinajstić information content (AvgIpc) is 2.32. The van der Waals surface area contributed by atoms with Gasteiger partial charge in [-0.05, 0) is 47.9 Å². The molecular formula is C11H14IN3O2. The van der Waals surface area contributed by atoms with Gasteiger partial charge in [-0.25, -0.2) is 9.78 Å². The van der Waals surface area contributed by atoms with Crippen molar-refractivity contribution >= 4 is 40.2 Å². The van der Waals surface area contributed by atoms with Crippen molar-refractivity contribution in [1.82, 2.24) is 4.98 Å². The number of carboxylic acid groups (broad SMARTS) is 1. The van der Waals surface area contributed by atoms with E-state index in [1.807, 2.05) is 6.07 Å². The van der Waals surface area contributed by atoms with E-state index in [-0.39, 0.29) is 0 Å². The summed E-state index contributed by atoms with van der Waals surface area (Å²) in [5.41, 5.74) is 0.541. The van der Waals surface area contributed by atoms with Gasteiger partial charge in [0.15, 0.2) is 0 Å². The molecule has 0 aliphatic carbocycles. The van der Waals surface area contributed by atoms with E-state index in [1.165, 1.54) is 19.3 Å². The van der Waals surface area contributed by atoms with Crippen molar-refractivity contribution in [2.75, 3.05) is 23.3 Å². The smallest absolute Gasteiger partial charge is 0.409 e. The molecule has 0 spiro atoms. The highest BCUT2D eigenvalue weighted by Crippen LogP contribution is 2.24. The van der Waals surface area contributed by atoms with E-state index in [1.54, 1.807) is 6.20 Å². The Hall–Kier alpha value is -1.05. The van der Waals surface area contributed by atoms with Crippen LogP contribution in [0.15, 0.2) is 12.3 Å². The molecule has 1 saturated heterocycles. The van der Waals surface area contributed by atoms with Crippen LogP contribution in [0, 0.1) is 3.57 Å². The Morgan fingerprint density at radius 2 is 2.12 bits per heavy atom. The van der Waals surface area contributed by atoms with E-state index in [2.05, 4.69) is 37.8 Å². The second-order valence-electron chi connectivity index (χ2n) is 4.00. The minimum absolute atomic E-state index is 0.541. The lowest BCUT2D eigenvalue weighted by atomic mass is 10.1. The van der Waals surface area contributed by atoms with Gasteiger partial charge in [0.2, 0.25) is 0 Å². The first kappa shape index (κ1) is 12.4. The standard InChI is InChI=1S/C11H14IN3O2/c12-8-6-10(15-4-2-1-3-5-15)13-7-9(8)14-11(16)17/h6-7,14H,1-5H2,(H,16,17). The molecule has 1 aromatic rings. The van der Waals surface area contributed by atoms with Crippen LogP contribution in [0.1, 0.15) is 19.3 Å². The third-order valence-corrected chi connectivity index (χ3v) is 3.65. The van der Waals surface area contributed by atoms with E-state index in [0.29, 0.717) is 5.69 Å². The molecule has 0 unspecified atom stereocenters. The van der Waals surface area contributed by atoms with Crippen LogP contribution in [-0.2, 0) is 0 Å². The Morgan fingerprint density at radius 3 is 2.71 bits per heavy atom. The topological polar surface area (TPSA) is 65.5 Å². The van der Waals surface area contributed by atoms with Crippen molar-refractivity contribution in [2.45, 2.75) is 19.3 Å². The van der Waals surface area contributed by atoms with E-state index in [9.17, 15) is 4.79 Å². The molecule has 0 saturated carbocycles. The first-order valence-corrected chi connectivity index (χ1v) is 6.65. The summed E-state index contributed by atoms with van der Waals surface area (Å²) in [4.78, 5) is 17.1. The fraction of sp³-hybridized carbons (Fsp3) is 0.455. The lowest BCUT2D eigenvalue weighted by Gasteiger charge is -2.27. The number of nitrogens with one attached hydrogen (secondary N) is 1. The van der Waals surface area contributed by atoms with Crippen LogP contribution >= 0.6 is 22.6 Å². The minimum atomic E-state index is -1.06. The highest BCUT2D eigenvalue weighted by Gasteiger charge is 2.13. The van der Waals surface area contributed by atoms with Crippen molar-refractivity contribution in [3.63, 3.8) is 0 Å². The van der Waals surface area contributed by atoms with Gasteiger partial charge >= 0.3 is 6.09 Å². The Morgan fingerprint density at radius 1 is 1.41 bits per heavy atom. The molecule has 6 heteroatoms. The van der Waals surface area contributed by atoms with Gasteiger partial charge in [0.1, 0.15) is 5.82 Å². The molecule has 1 fully saturated rings. The van der Waals surface area contributed by atoms with E-state index < -0.39 is 6.09 Å². The number of rotatable bonds is 2. The zero-order chi connectivity index (χ0) is 12.3. The summed E-state index contributed by atoms with van der Waals surface area (Å²) in [5.74, 6) is 0.935. The summed E-state index contributed by atoms with van der Waals surface area (Å²) in [5, 5.41) is 11.0. The zero-order valence-electron chi connectivity index (χ0n) is 9.32. The second kappa shape index (κ2) is 5.52. The first-order chi connectivity index (χ1) is 8.16. The lowest BCUT2D eigenvalue weighted by Crippen LogP contribution is -2.30. The maximum atomic E-state index is 10.6. The molecule has 17 heavy (non-hydrogen) atoms. The second-order valence-corrected chi connectivity index (χ2v) is 5.16. The Balaban J connectivity index is 2.14. The monoisotopic (exact) mass is 347 g/mol. The summed E-state index contributed by atoms with van der Waals surface area (Å²) >= 11 is 2.12. The Kier molecular flexibility index (Phi) is 4.03. The van der Waals surface area contributed by atoms with Crippen LogP contribution in [0.3, 0.4) is 0 Å². The van der Waals surface area contributed by atoms with Gasteiger partial charge in [-0.3, -0.25) is 5.32 Å². The fourth-order valence-corrected chi connectivity index (χ4v) is 2.48. The molecule has 1 aliphatic rings. The number of amides is 1. The van der Waals surface area contributed by atoms with Crippen LogP contribution in [0.5, 0.6) is 0 Å². The van der Waals surface area contributed by atoms with Gasteiger partial charge in [0.25, 0.3) is 0 Å². The number of anilines is 2. The van der Waals surface area contributed by atoms with Gasteiger partial charge in [-0.2, -0.15) is 0 Å². The molecule has 1 aromatic heterocycles. The predicted molar refractivity (Wildman–Crippen MR) is 74.7 cm³/mol. The highest BCUT2D eigenvalue weighted by atomic mass is 127. The van der Waals surface area contributed by atoms with Crippen molar-refractivity contribution in [1.29, 1.82) is 0 Å². The van der Waals surface area contributed by atoms with E-state index in [4.69, 9.17) is 5.11 Å². The molecule has 1 amide bonds. The third kappa shape index (κ3) is 3.21. The molecule has 2 heterocycles. The van der Waals surface area contributed by atoms with Crippen LogP contribution in [0.2, 0.25) is 0 Å². The quantitative estimate of drug-likeness (QED) is 0.808. The van der Waals surface area contributed by atoms with E-state index in [0.717, 1.165) is 22.5 Å². The fourth-order valence-electron chi connectivity index (χ4n) is 1.92. The third-order valence-electron chi connectivity index (χ3n) is 2.76. The summed E-state index contributed by atoms with van der Waals surface area (Å²) in [6, 6.07) is 1.93. The van der Waals surface area contributed by atoms with Crippen molar-refractivity contribution < 1.29 is 9.90 Å². The first-order valence-electron chi connectivity index (χ1n) is 5.57. The molecule has 5 nitrogen and oxygen atoms in total. The maximum Gasteiger partial charge on any atom is 0.409 e. The van der Waals surface area contributed by atoms with Crippen molar-refractivity contribution in [3.8, 4) is 0 Å². The molecule has 1 aliphatic heterocycles. The summed E-state index contributed by atoms with van der Waals surface area (Å²) < 4.78 is 0.876. The number of hydrogen-bond donors (Lipinski definition) is 2. The number of hydrogen-bond acceptors (Lipinski definition) is 3. The molecule has 0 aromatic carbocycles.